The Morgan fingerprint density at radius 2 is 1.94 bits per heavy atom. The molecular formula is C27H31NO6. The predicted molar refractivity (Wildman–Crippen MR) is 126 cm³/mol. The number of aliphatic hydroxyl groups excluding tert-OH is 1. The molecule has 0 radical (unpaired) electrons. The molecule has 3 aliphatic rings. The molecule has 0 aromatic heterocycles. The Morgan fingerprint density at radius 1 is 1.18 bits per heavy atom. The third-order valence-corrected chi connectivity index (χ3v) is 8.48. The Balaban J connectivity index is 1.46. The summed E-state index contributed by atoms with van der Waals surface area (Å²) in [6.45, 7) is 2.45. The number of carboxylic acid groups (broad SMARTS) is 1. The number of phenolic OH excluding ortho intramolecular Hbond substituents is 1. The van der Waals surface area contributed by atoms with Crippen LogP contribution in [0.1, 0.15) is 72.0 Å². The molecule has 180 valence electrons. The largest absolute Gasteiger partial charge is 0.504 e. The van der Waals surface area contributed by atoms with Crippen LogP contribution in [-0.2, 0) is 11.4 Å². The molecule has 34 heavy (non-hydrogen) atoms. The average molecular weight is 466 g/mol. The molecule has 0 amide bonds. The zero-order valence-corrected chi connectivity index (χ0v) is 19.5. The fourth-order valence-electron chi connectivity index (χ4n) is 6.58. The number of phenols is 1. The molecule has 0 spiro atoms. The number of aromatic carboxylic acids is 1. The molecule has 2 fully saturated rings. The fraction of sp³-hybridized carbons (Fsp3) is 0.481. The van der Waals surface area contributed by atoms with Crippen molar-refractivity contribution >= 4 is 11.7 Å². The second-order valence-corrected chi connectivity index (χ2v) is 10.1. The number of oxime groups is 1. The molecule has 0 bridgehead atoms. The first-order valence-electron chi connectivity index (χ1n) is 11.9. The van der Waals surface area contributed by atoms with Crippen LogP contribution >= 0.6 is 0 Å². The summed E-state index contributed by atoms with van der Waals surface area (Å²) in [5.41, 5.74) is 3.79. The molecule has 7 heteroatoms. The van der Waals surface area contributed by atoms with Gasteiger partial charge in [0.1, 0.15) is 6.61 Å². The number of benzene rings is 2. The second-order valence-electron chi connectivity index (χ2n) is 10.1. The van der Waals surface area contributed by atoms with E-state index in [2.05, 4.69) is 12.1 Å². The number of hydrogen-bond acceptors (Lipinski definition) is 6. The molecule has 0 saturated heterocycles. The lowest BCUT2D eigenvalue weighted by Gasteiger charge is -2.50. The molecule has 2 saturated carbocycles. The molecule has 5 rings (SSSR count). The number of hydrogen-bond donors (Lipinski definition) is 3. The van der Waals surface area contributed by atoms with Gasteiger partial charge in [-0.2, -0.15) is 0 Å². The van der Waals surface area contributed by atoms with E-state index in [4.69, 9.17) is 14.7 Å². The number of carbonyl (C=O) groups is 1. The minimum atomic E-state index is -0.965. The van der Waals surface area contributed by atoms with E-state index in [9.17, 15) is 15.0 Å². The van der Waals surface area contributed by atoms with E-state index in [0.717, 1.165) is 54.5 Å². The van der Waals surface area contributed by atoms with Gasteiger partial charge in [0.05, 0.1) is 24.5 Å². The summed E-state index contributed by atoms with van der Waals surface area (Å²) in [4.78, 5) is 16.8. The number of carboxylic acids is 1. The van der Waals surface area contributed by atoms with Crippen LogP contribution in [-0.4, -0.2) is 40.2 Å². The Hall–Kier alpha value is -3.06. The average Bonchev–Trinajstić information content (AvgIpc) is 3.13. The van der Waals surface area contributed by atoms with Gasteiger partial charge in [0, 0.05) is 5.56 Å². The van der Waals surface area contributed by atoms with E-state index < -0.39 is 5.97 Å². The van der Waals surface area contributed by atoms with Gasteiger partial charge in [-0.05, 0) is 90.7 Å². The fourth-order valence-corrected chi connectivity index (χ4v) is 6.58. The highest BCUT2D eigenvalue weighted by Gasteiger charge is 2.55. The van der Waals surface area contributed by atoms with E-state index in [-0.39, 0.29) is 29.4 Å². The van der Waals surface area contributed by atoms with Gasteiger partial charge >= 0.3 is 5.97 Å². The van der Waals surface area contributed by atoms with Crippen molar-refractivity contribution < 1.29 is 29.7 Å². The Bertz CT molecular complexity index is 1130. The maximum Gasteiger partial charge on any atom is 0.335 e. The normalized spacial score (nSPS) is 30.9. The van der Waals surface area contributed by atoms with Crippen molar-refractivity contribution in [1.29, 1.82) is 0 Å². The van der Waals surface area contributed by atoms with E-state index in [1.807, 2.05) is 6.07 Å². The quantitative estimate of drug-likeness (QED) is 0.553. The molecule has 3 aliphatic carbocycles. The highest BCUT2D eigenvalue weighted by atomic mass is 16.6. The van der Waals surface area contributed by atoms with Gasteiger partial charge in [-0.3, -0.25) is 0 Å². The van der Waals surface area contributed by atoms with Crippen molar-refractivity contribution in [3.63, 3.8) is 0 Å². The molecule has 2 aromatic rings. The molecule has 2 aromatic carbocycles. The third kappa shape index (κ3) is 3.72. The summed E-state index contributed by atoms with van der Waals surface area (Å²) in [6, 6.07) is 10.2. The summed E-state index contributed by atoms with van der Waals surface area (Å²) in [7, 11) is 1.56. The standard InChI is InChI=1S/C27H31NO6/c1-27-10-9-17-18-13-24(33-2)23(29)12-20(18)22(11-19(17)21(27)7-8-25(27)30)28-34-14-15-3-5-16(6-4-15)26(31)32/h3-6,12-13,17,19,21,25,29-30H,7-11,14H2,1-2H3,(H,31,32)/t17-,19-,21+,25+,27+/m1/s1. The zero-order valence-electron chi connectivity index (χ0n) is 19.5. The maximum atomic E-state index is 11.1. The number of methoxy groups -OCH3 is 1. The lowest BCUT2D eigenvalue weighted by molar-refractivity contribution is -0.0180. The summed E-state index contributed by atoms with van der Waals surface area (Å²) < 4.78 is 5.41. The third-order valence-electron chi connectivity index (χ3n) is 8.48. The van der Waals surface area contributed by atoms with Crippen LogP contribution < -0.4 is 4.74 Å². The highest BCUT2D eigenvalue weighted by Crippen LogP contribution is 2.61. The van der Waals surface area contributed by atoms with Crippen LogP contribution in [0.15, 0.2) is 41.6 Å². The maximum absolute atomic E-state index is 11.1. The van der Waals surface area contributed by atoms with Crippen LogP contribution in [0.2, 0.25) is 0 Å². The van der Waals surface area contributed by atoms with Crippen LogP contribution in [0.25, 0.3) is 0 Å². The Labute approximate surface area is 199 Å². The van der Waals surface area contributed by atoms with Gasteiger partial charge in [0.25, 0.3) is 0 Å². The summed E-state index contributed by atoms with van der Waals surface area (Å²) in [5, 5.41) is 34.8. The van der Waals surface area contributed by atoms with Gasteiger partial charge in [0.2, 0.25) is 0 Å². The van der Waals surface area contributed by atoms with Gasteiger partial charge in [-0.25, -0.2) is 4.79 Å². The van der Waals surface area contributed by atoms with Crippen LogP contribution in [0, 0.1) is 17.3 Å². The van der Waals surface area contributed by atoms with Crippen molar-refractivity contribution in [3.05, 3.63) is 58.7 Å². The minimum absolute atomic E-state index is 0.0719. The molecule has 5 atom stereocenters. The predicted octanol–water partition coefficient (Wildman–Crippen LogP) is 4.69. The first-order chi connectivity index (χ1) is 16.3. The molecule has 7 nitrogen and oxygen atoms in total. The van der Waals surface area contributed by atoms with Crippen molar-refractivity contribution in [2.24, 2.45) is 22.4 Å². The van der Waals surface area contributed by atoms with Crippen LogP contribution in [0.5, 0.6) is 11.5 Å². The van der Waals surface area contributed by atoms with E-state index >= 15 is 0 Å². The molecule has 0 heterocycles. The van der Waals surface area contributed by atoms with Crippen LogP contribution in [0.3, 0.4) is 0 Å². The van der Waals surface area contributed by atoms with Crippen molar-refractivity contribution in [2.45, 2.75) is 57.7 Å². The topological polar surface area (TPSA) is 109 Å². The van der Waals surface area contributed by atoms with E-state index in [1.54, 1.807) is 37.4 Å². The van der Waals surface area contributed by atoms with Gasteiger partial charge in [-0.15, -0.1) is 0 Å². The monoisotopic (exact) mass is 465 g/mol. The highest BCUT2D eigenvalue weighted by molar-refractivity contribution is 6.03. The molecule has 0 aliphatic heterocycles. The van der Waals surface area contributed by atoms with E-state index in [1.165, 1.54) is 0 Å². The smallest absolute Gasteiger partial charge is 0.335 e. The summed E-state index contributed by atoms with van der Waals surface area (Å²) in [6.07, 6.45) is 4.28. The second kappa shape index (κ2) is 8.62. The zero-order chi connectivity index (χ0) is 24.0. The number of rotatable bonds is 5. The Morgan fingerprint density at radius 3 is 2.65 bits per heavy atom. The first-order valence-corrected chi connectivity index (χ1v) is 11.9. The van der Waals surface area contributed by atoms with Crippen molar-refractivity contribution in [2.75, 3.05) is 7.11 Å². The SMILES string of the molecule is COc1cc2c(cc1O)C(=NOCc1ccc(C(=O)O)cc1)C[C@@H]1[C@@H]2CC[C@]2(C)[C@@H](O)CC[C@@H]12. The lowest BCUT2D eigenvalue weighted by atomic mass is 9.55. The number of ether oxygens (including phenoxy) is 1. The number of nitrogens with zero attached hydrogens (tertiary/aromatic N) is 1. The van der Waals surface area contributed by atoms with Crippen molar-refractivity contribution in [1.82, 2.24) is 0 Å². The summed E-state index contributed by atoms with van der Waals surface area (Å²) >= 11 is 0. The molecular weight excluding hydrogens is 434 g/mol. The molecule has 0 unspecified atom stereocenters. The number of aliphatic hydroxyl groups is 1. The molecule has 3 N–H and O–H groups in total. The number of fused-ring (bicyclic) bond motifs is 5. The summed E-state index contributed by atoms with van der Waals surface area (Å²) in [5.74, 6) is 0.646. The minimum Gasteiger partial charge on any atom is -0.504 e. The van der Waals surface area contributed by atoms with Gasteiger partial charge < -0.3 is 24.9 Å². The number of aromatic hydroxyl groups is 1. The van der Waals surface area contributed by atoms with E-state index in [0.29, 0.717) is 23.5 Å². The van der Waals surface area contributed by atoms with Gasteiger partial charge in [-0.1, -0.05) is 24.2 Å². The Kier molecular flexibility index (Phi) is 5.76. The van der Waals surface area contributed by atoms with Crippen LogP contribution in [0.4, 0.5) is 0 Å². The van der Waals surface area contributed by atoms with Gasteiger partial charge in [0.15, 0.2) is 11.5 Å². The van der Waals surface area contributed by atoms with Crippen molar-refractivity contribution in [3.8, 4) is 11.5 Å². The lowest BCUT2D eigenvalue weighted by Crippen LogP contribution is -2.45. The first kappa shape index (κ1) is 22.7.